The van der Waals surface area contributed by atoms with Gasteiger partial charge >= 0.3 is 0 Å². The van der Waals surface area contributed by atoms with Crippen molar-refractivity contribution in [3.05, 3.63) is 53.4 Å². The fourth-order valence-electron chi connectivity index (χ4n) is 5.16. The standard InChI is InChI=1S/C22H26F3N5O2/c23-17-8-19(25)18(24)5-12(17)6-20(26)13-3-14-1-2-15(4-13)30(14)22(32)10-29-11-28-9-16(29)7-21(27)31/h5,8-9,11,13-15,20H,1-4,6-7,10,26H2,(H2,27,31)/t13?,14?,15?,20-/m1/s1. The minimum absolute atomic E-state index is 0.0115. The maximum absolute atomic E-state index is 14.0. The van der Waals surface area contributed by atoms with E-state index in [1.807, 2.05) is 4.90 Å². The topological polar surface area (TPSA) is 107 Å². The average Bonchev–Trinajstić information content (AvgIpc) is 3.26. The van der Waals surface area contributed by atoms with Crippen LogP contribution in [0.1, 0.15) is 36.9 Å². The predicted molar refractivity (Wildman–Crippen MR) is 110 cm³/mol. The van der Waals surface area contributed by atoms with E-state index in [1.54, 1.807) is 4.57 Å². The highest BCUT2D eigenvalue weighted by Gasteiger charge is 2.44. The number of rotatable bonds is 7. The van der Waals surface area contributed by atoms with E-state index < -0.39 is 29.4 Å². The second-order valence-electron chi connectivity index (χ2n) is 8.80. The number of nitrogens with zero attached hydrogens (tertiary/aromatic N) is 3. The van der Waals surface area contributed by atoms with E-state index in [2.05, 4.69) is 4.98 Å². The minimum atomic E-state index is -1.22. The van der Waals surface area contributed by atoms with Crippen LogP contribution in [-0.4, -0.2) is 44.4 Å². The highest BCUT2D eigenvalue weighted by atomic mass is 19.2. The van der Waals surface area contributed by atoms with Crippen molar-refractivity contribution in [1.82, 2.24) is 14.5 Å². The van der Waals surface area contributed by atoms with E-state index in [1.165, 1.54) is 12.5 Å². The van der Waals surface area contributed by atoms with Crippen molar-refractivity contribution in [1.29, 1.82) is 0 Å². The SMILES string of the molecule is NC(=O)Cc1cncn1CC(=O)N1C2CCC1CC([C@H](N)Cc1cc(F)c(F)cc1F)C2. The molecule has 172 valence electrons. The first kappa shape index (κ1) is 22.3. The molecule has 2 saturated heterocycles. The Kier molecular flexibility index (Phi) is 6.23. The normalized spacial score (nSPS) is 23.4. The van der Waals surface area contributed by atoms with Crippen LogP contribution < -0.4 is 11.5 Å². The highest BCUT2D eigenvalue weighted by Crippen LogP contribution is 2.40. The van der Waals surface area contributed by atoms with Gasteiger partial charge in [0.25, 0.3) is 0 Å². The Morgan fingerprint density at radius 1 is 1.09 bits per heavy atom. The lowest BCUT2D eigenvalue weighted by Gasteiger charge is -2.41. The number of primary amides is 1. The van der Waals surface area contributed by atoms with Gasteiger partial charge in [-0.25, -0.2) is 18.2 Å². The summed E-state index contributed by atoms with van der Waals surface area (Å²) in [5.74, 6) is -3.62. The molecular weight excluding hydrogens is 423 g/mol. The molecule has 1 aromatic heterocycles. The molecule has 4 rings (SSSR count). The molecule has 3 atom stereocenters. The Labute approximate surface area is 183 Å². The Balaban J connectivity index is 1.40. The van der Waals surface area contributed by atoms with Gasteiger partial charge < -0.3 is 20.9 Å². The molecule has 2 amide bonds. The van der Waals surface area contributed by atoms with E-state index in [0.717, 1.165) is 18.9 Å². The van der Waals surface area contributed by atoms with Crippen LogP contribution in [0.5, 0.6) is 0 Å². The van der Waals surface area contributed by atoms with E-state index in [9.17, 15) is 22.8 Å². The summed E-state index contributed by atoms with van der Waals surface area (Å²) < 4.78 is 42.4. The molecule has 32 heavy (non-hydrogen) atoms. The molecule has 2 bridgehead atoms. The lowest BCUT2D eigenvalue weighted by atomic mass is 9.82. The first-order chi connectivity index (χ1) is 15.2. The highest BCUT2D eigenvalue weighted by molar-refractivity contribution is 5.78. The third-order valence-corrected chi connectivity index (χ3v) is 6.67. The van der Waals surface area contributed by atoms with E-state index >= 15 is 0 Å². The molecule has 1 aromatic carbocycles. The Hall–Kier alpha value is -2.88. The quantitative estimate of drug-likeness (QED) is 0.627. The van der Waals surface area contributed by atoms with Gasteiger partial charge in [-0.05, 0) is 49.7 Å². The lowest BCUT2D eigenvalue weighted by molar-refractivity contribution is -0.137. The fraction of sp³-hybridized carbons (Fsp3) is 0.500. The molecular formula is C22H26F3N5O2. The number of hydrogen-bond acceptors (Lipinski definition) is 4. The molecule has 2 aliphatic heterocycles. The maximum atomic E-state index is 14.0. The summed E-state index contributed by atoms with van der Waals surface area (Å²) in [7, 11) is 0. The second-order valence-corrected chi connectivity index (χ2v) is 8.80. The van der Waals surface area contributed by atoms with Gasteiger partial charge in [0.15, 0.2) is 11.6 Å². The summed E-state index contributed by atoms with van der Waals surface area (Å²) in [4.78, 5) is 30.2. The molecule has 10 heteroatoms. The van der Waals surface area contributed by atoms with Gasteiger partial charge in [0.1, 0.15) is 12.4 Å². The van der Waals surface area contributed by atoms with Crippen molar-refractivity contribution in [2.45, 2.75) is 63.2 Å². The molecule has 2 unspecified atom stereocenters. The smallest absolute Gasteiger partial charge is 0.243 e. The summed E-state index contributed by atoms with van der Waals surface area (Å²) in [6, 6.07) is 1.04. The summed E-state index contributed by atoms with van der Waals surface area (Å²) in [6.07, 6.45) is 6.21. The van der Waals surface area contributed by atoms with E-state index in [4.69, 9.17) is 11.5 Å². The number of carbonyl (C=O) groups excluding carboxylic acids is 2. The maximum Gasteiger partial charge on any atom is 0.243 e. The average molecular weight is 449 g/mol. The zero-order chi connectivity index (χ0) is 23.0. The van der Waals surface area contributed by atoms with Crippen LogP contribution in [0, 0.1) is 23.4 Å². The van der Waals surface area contributed by atoms with Crippen LogP contribution in [0.3, 0.4) is 0 Å². The molecule has 3 heterocycles. The second kappa shape index (κ2) is 8.93. The summed E-state index contributed by atoms with van der Waals surface area (Å²) in [5.41, 5.74) is 12.2. The van der Waals surface area contributed by atoms with Crippen molar-refractivity contribution in [3.8, 4) is 0 Å². The fourth-order valence-corrected chi connectivity index (χ4v) is 5.16. The minimum Gasteiger partial charge on any atom is -0.369 e. The van der Waals surface area contributed by atoms with Gasteiger partial charge in [-0.3, -0.25) is 9.59 Å². The number of fused-ring (bicyclic) bond motifs is 2. The van der Waals surface area contributed by atoms with Crippen LogP contribution in [0.4, 0.5) is 13.2 Å². The molecule has 7 nitrogen and oxygen atoms in total. The van der Waals surface area contributed by atoms with Gasteiger partial charge in [0.2, 0.25) is 11.8 Å². The number of imidazole rings is 1. The monoisotopic (exact) mass is 449 g/mol. The number of piperidine rings is 1. The van der Waals surface area contributed by atoms with Crippen molar-refractivity contribution in [3.63, 3.8) is 0 Å². The van der Waals surface area contributed by atoms with Crippen molar-refractivity contribution in [2.24, 2.45) is 17.4 Å². The number of carbonyl (C=O) groups is 2. The first-order valence-corrected chi connectivity index (χ1v) is 10.7. The molecule has 4 N–H and O–H groups in total. The molecule has 0 saturated carbocycles. The van der Waals surface area contributed by atoms with E-state index in [-0.39, 0.29) is 48.9 Å². The molecule has 2 aliphatic rings. The Bertz CT molecular complexity index is 1010. The van der Waals surface area contributed by atoms with Gasteiger partial charge in [0, 0.05) is 36.1 Å². The number of halogens is 3. The van der Waals surface area contributed by atoms with Crippen molar-refractivity contribution >= 4 is 11.8 Å². The molecule has 2 aromatic rings. The van der Waals surface area contributed by atoms with Crippen LogP contribution in [0.25, 0.3) is 0 Å². The van der Waals surface area contributed by atoms with Crippen LogP contribution in [0.2, 0.25) is 0 Å². The largest absolute Gasteiger partial charge is 0.369 e. The van der Waals surface area contributed by atoms with Crippen LogP contribution in [-0.2, 0) is 29.0 Å². The number of benzene rings is 1. The predicted octanol–water partition coefficient (Wildman–Crippen LogP) is 1.67. The summed E-state index contributed by atoms with van der Waals surface area (Å²) >= 11 is 0. The Morgan fingerprint density at radius 3 is 2.41 bits per heavy atom. The van der Waals surface area contributed by atoms with Gasteiger partial charge in [0.05, 0.1) is 12.7 Å². The number of aromatic nitrogens is 2. The van der Waals surface area contributed by atoms with Crippen molar-refractivity contribution in [2.75, 3.05) is 0 Å². The summed E-state index contributed by atoms with van der Waals surface area (Å²) in [5, 5.41) is 0. The summed E-state index contributed by atoms with van der Waals surface area (Å²) in [6.45, 7) is 0.0758. The molecule has 0 aliphatic carbocycles. The van der Waals surface area contributed by atoms with Gasteiger partial charge in [-0.1, -0.05) is 0 Å². The molecule has 0 radical (unpaired) electrons. The van der Waals surface area contributed by atoms with E-state index in [0.29, 0.717) is 24.6 Å². The Morgan fingerprint density at radius 2 is 1.75 bits per heavy atom. The molecule has 0 spiro atoms. The van der Waals surface area contributed by atoms with Crippen molar-refractivity contribution < 1.29 is 22.8 Å². The number of nitrogens with two attached hydrogens (primary N) is 2. The third kappa shape index (κ3) is 4.50. The van der Waals surface area contributed by atoms with Crippen LogP contribution in [0.15, 0.2) is 24.7 Å². The lowest BCUT2D eigenvalue weighted by Crippen LogP contribution is -2.51. The van der Waals surface area contributed by atoms with Gasteiger partial charge in [-0.15, -0.1) is 0 Å². The molecule has 2 fully saturated rings. The number of amides is 2. The first-order valence-electron chi connectivity index (χ1n) is 10.7. The third-order valence-electron chi connectivity index (χ3n) is 6.67. The number of hydrogen-bond donors (Lipinski definition) is 2. The van der Waals surface area contributed by atoms with Gasteiger partial charge in [-0.2, -0.15) is 0 Å². The van der Waals surface area contributed by atoms with Crippen LogP contribution >= 0.6 is 0 Å². The zero-order valence-corrected chi connectivity index (χ0v) is 17.5. The zero-order valence-electron chi connectivity index (χ0n) is 17.5.